The van der Waals surface area contributed by atoms with Crippen LogP contribution in [0.4, 0.5) is 5.82 Å². The number of ether oxygens (including phenoxy) is 1. The van der Waals surface area contributed by atoms with Crippen molar-refractivity contribution in [3.8, 4) is 5.75 Å². The Morgan fingerprint density at radius 3 is 2.60 bits per heavy atom. The van der Waals surface area contributed by atoms with Crippen LogP contribution in [0.15, 0.2) is 35.0 Å². The number of rotatable bonds is 5. The fourth-order valence-corrected chi connectivity index (χ4v) is 2.57. The lowest BCUT2D eigenvalue weighted by molar-refractivity contribution is 0.101. The number of anilines is 1. The van der Waals surface area contributed by atoms with Gasteiger partial charge in [-0.05, 0) is 31.9 Å². The summed E-state index contributed by atoms with van der Waals surface area (Å²) in [6, 6.07) is 7.65. The molecule has 0 unspecified atom stereocenters. The lowest BCUT2D eigenvalue weighted by Gasteiger charge is -2.12. The normalized spacial score (nSPS) is 10.7. The van der Waals surface area contributed by atoms with Crippen molar-refractivity contribution < 1.29 is 14.1 Å². The van der Waals surface area contributed by atoms with Crippen LogP contribution in [0.2, 0.25) is 0 Å². The number of hydrogen-bond donors (Lipinski definition) is 1. The predicted molar refractivity (Wildman–Crippen MR) is 92.6 cm³/mol. The average molecular weight is 340 g/mol. The van der Waals surface area contributed by atoms with E-state index in [-0.39, 0.29) is 18.2 Å². The van der Waals surface area contributed by atoms with Crippen LogP contribution >= 0.6 is 0 Å². The highest BCUT2D eigenvalue weighted by Crippen LogP contribution is 2.25. The molecular weight excluding hydrogens is 320 g/mol. The number of benzene rings is 1. The second-order valence-corrected chi connectivity index (χ2v) is 5.90. The second kappa shape index (κ2) is 6.80. The Morgan fingerprint density at radius 2 is 1.96 bits per heavy atom. The van der Waals surface area contributed by atoms with Gasteiger partial charge in [-0.25, -0.2) is 0 Å². The summed E-state index contributed by atoms with van der Waals surface area (Å²) in [5.41, 5.74) is 2.90. The molecule has 0 fully saturated rings. The SMILES string of the molecule is Cc1cccc(C)c1OCc1c(C(=O)Nc2ccn(C)n2)noc1C. The average Bonchev–Trinajstić information content (AvgIpc) is 3.13. The van der Waals surface area contributed by atoms with Crippen LogP contribution in [0.1, 0.15) is 32.9 Å². The number of hydrogen-bond acceptors (Lipinski definition) is 5. The van der Waals surface area contributed by atoms with Gasteiger partial charge in [-0.3, -0.25) is 9.48 Å². The van der Waals surface area contributed by atoms with E-state index in [1.165, 1.54) is 0 Å². The molecule has 0 saturated carbocycles. The molecule has 0 saturated heterocycles. The molecule has 0 aliphatic rings. The van der Waals surface area contributed by atoms with Crippen LogP contribution in [0.25, 0.3) is 0 Å². The highest BCUT2D eigenvalue weighted by molar-refractivity contribution is 6.03. The van der Waals surface area contributed by atoms with Crippen molar-refractivity contribution in [3.63, 3.8) is 0 Å². The highest BCUT2D eigenvalue weighted by Gasteiger charge is 2.21. The van der Waals surface area contributed by atoms with Crippen LogP contribution in [-0.4, -0.2) is 20.8 Å². The summed E-state index contributed by atoms with van der Waals surface area (Å²) in [6.07, 6.45) is 1.74. The van der Waals surface area contributed by atoms with E-state index >= 15 is 0 Å². The van der Waals surface area contributed by atoms with Gasteiger partial charge >= 0.3 is 0 Å². The number of amides is 1. The molecule has 0 aliphatic carbocycles. The van der Waals surface area contributed by atoms with Crippen molar-refractivity contribution in [2.45, 2.75) is 27.4 Å². The number of aryl methyl sites for hydroxylation is 4. The van der Waals surface area contributed by atoms with E-state index in [4.69, 9.17) is 9.26 Å². The molecular formula is C18H20N4O3. The van der Waals surface area contributed by atoms with Crippen LogP contribution in [0.3, 0.4) is 0 Å². The number of carbonyl (C=O) groups excluding carboxylic acids is 1. The molecule has 7 nitrogen and oxygen atoms in total. The minimum absolute atomic E-state index is 0.200. The van der Waals surface area contributed by atoms with Crippen molar-refractivity contribution in [2.75, 3.05) is 5.32 Å². The smallest absolute Gasteiger partial charge is 0.279 e. The van der Waals surface area contributed by atoms with E-state index in [0.29, 0.717) is 17.1 Å². The van der Waals surface area contributed by atoms with Gasteiger partial charge in [-0.1, -0.05) is 23.4 Å². The summed E-state index contributed by atoms with van der Waals surface area (Å²) in [7, 11) is 1.78. The second-order valence-electron chi connectivity index (χ2n) is 5.90. The molecule has 1 aromatic carbocycles. The third kappa shape index (κ3) is 3.55. The van der Waals surface area contributed by atoms with E-state index in [2.05, 4.69) is 15.6 Å². The van der Waals surface area contributed by atoms with E-state index in [9.17, 15) is 4.79 Å². The minimum Gasteiger partial charge on any atom is -0.488 e. The largest absolute Gasteiger partial charge is 0.488 e. The van der Waals surface area contributed by atoms with Crippen LogP contribution < -0.4 is 10.1 Å². The predicted octanol–water partition coefficient (Wildman–Crippen LogP) is 3.16. The minimum atomic E-state index is -0.379. The Hall–Kier alpha value is -3.09. The van der Waals surface area contributed by atoms with Crippen molar-refractivity contribution in [2.24, 2.45) is 7.05 Å². The fraction of sp³-hybridized carbons (Fsp3) is 0.278. The lowest BCUT2D eigenvalue weighted by Crippen LogP contribution is -2.16. The van der Waals surface area contributed by atoms with E-state index < -0.39 is 0 Å². The van der Waals surface area contributed by atoms with Crippen LogP contribution in [-0.2, 0) is 13.7 Å². The summed E-state index contributed by atoms with van der Waals surface area (Å²) >= 11 is 0. The number of carbonyl (C=O) groups is 1. The van der Waals surface area contributed by atoms with Crippen molar-refractivity contribution >= 4 is 11.7 Å². The standard InChI is InChI=1S/C18H20N4O3/c1-11-6-5-7-12(2)17(11)24-10-14-13(3)25-21-16(14)18(23)19-15-8-9-22(4)20-15/h5-9H,10H2,1-4H3,(H,19,20,23). The summed E-state index contributed by atoms with van der Waals surface area (Å²) in [4.78, 5) is 12.5. The van der Waals surface area contributed by atoms with Gasteiger partial charge in [0, 0.05) is 19.3 Å². The topological polar surface area (TPSA) is 82.2 Å². The highest BCUT2D eigenvalue weighted by atomic mass is 16.5. The van der Waals surface area contributed by atoms with E-state index in [0.717, 1.165) is 16.9 Å². The third-order valence-electron chi connectivity index (χ3n) is 3.92. The number of nitrogens with one attached hydrogen (secondary N) is 1. The summed E-state index contributed by atoms with van der Waals surface area (Å²) < 4.78 is 12.7. The zero-order valence-electron chi connectivity index (χ0n) is 14.7. The molecule has 3 rings (SSSR count). The zero-order valence-corrected chi connectivity index (χ0v) is 14.7. The van der Waals surface area contributed by atoms with Gasteiger partial charge in [0.2, 0.25) is 0 Å². The van der Waals surface area contributed by atoms with Crippen molar-refractivity contribution in [1.29, 1.82) is 0 Å². The van der Waals surface area contributed by atoms with Gasteiger partial charge < -0.3 is 14.6 Å². The van der Waals surface area contributed by atoms with Crippen molar-refractivity contribution in [3.05, 3.63) is 58.6 Å². The molecule has 0 aliphatic heterocycles. The van der Waals surface area contributed by atoms with Crippen LogP contribution in [0.5, 0.6) is 5.75 Å². The maximum Gasteiger partial charge on any atom is 0.279 e. The maximum absolute atomic E-state index is 12.5. The zero-order chi connectivity index (χ0) is 18.0. The molecule has 130 valence electrons. The molecule has 2 heterocycles. The number of nitrogens with zero attached hydrogens (tertiary/aromatic N) is 3. The lowest BCUT2D eigenvalue weighted by atomic mass is 10.1. The Labute approximate surface area is 145 Å². The van der Waals surface area contributed by atoms with Gasteiger partial charge in [0.05, 0.1) is 5.56 Å². The van der Waals surface area contributed by atoms with Gasteiger partial charge in [-0.2, -0.15) is 5.10 Å². The van der Waals surface area contributed by atoms with Crippen molar-refractivity contribution in [1.82, 2.24) is 14.9 Å². The molecule has 0 atom stereocenters. The Kier molecular flexibility index (Phi) is 4.56. The first kappa shape index (κ1) is 16.8. The number of aromatic nitrogens is 3. The Morgan fingerprint density at radius 1 is 1.24 bits per heavy atom. The molecule has 1 N–H and O–H groups in total. The first-order valence-corrected chi connectivity index (χ1v) is 7.91. The summed E-state index contributed by atoms with van der Waals surface area (Å²) in [5.74, 6) is 1.43. The Balaban J connectivity index is 1.78. The van der Waals surface area contributed by atoms with E-state index in [1.807, 2.05) is 32.0 Å². The summed E-state index contributed by atoms with van der Waals surface area (Å²) in [5, 5.41) is 10.7. The molecule has 1 amide bonds. The summed E-state index contributed by atoms with van der Waals surface area (Å²) in [6.45, 7) is 5.93. The molecule has 0 bridgehead atoms. The Bertz CT molecular complexity index is 891. The number of para-hydroxylation sites is 1. The molecule has 2 aromatic heterocycles. The quantitative estimate of drug-likeness (QED) is 0.771. The molecule has 0 spiro atoms. The molecule has 7 heteroatoms. The molecule has 25 heavy (non-hydrogen) atoms. The van der Waals surface area contributed by atoms with Gasteiger partial charge in [0.25, 0.3) is 5.91 Å². The molecule has 0 radical (unpaired) electrons. The third-order valence-corrected chi connectivity index (χ3v) is 3.92. The first-order chi connectivity index (χ1) is 12.0. The molecule has 3 aromatic rings. The first-order valence-electron chi connectivity index (χ1n) is 7.91. The monoisotopic (exact) mass is 340 g/mol. The van der Waals surface area contributed by atoms with E-state index in [1.54, 1.807) is 30.9 Å². The fourth-order valence-electron chi connectivity index (χ4n) is 2.57. The van der Waals surface area contributed by atoms with Crippen LogP contribution in [0, 0.1) is 20.8 Å². The maximum atomic E-state index is 12.5. The van der Waals surface area contributed by atoms with Gasteiger partial charge in [0.15, 0.2) is 11.5 Å². The van der Waals surface area contributed by atoms with Gasteiger partial charge in [0.1, 0.15) is 18.1 Å². The van der Waals surface area contributed by atoms with Gasteiger partial charge in [-0.15, -0.1) is 0 Å².